The van der Waals surface area contributed by atoms with E-state index in [4.69, 9.17) is 9.84 Å². The molecule has 1 N–H and O–H groups in total. The van der Waals surface area contributed by atoms with Gasteiger partial charge < -0.3 is 9.84 Å². The van der Waals surface area contributed by atoms with E-state index < -0.39 is 17.9 Å². The Hall–Kier alpha value is -2.70. The lowest BCUT2D eigenvalue weighted by Crippen LogP contribution is -2.27. The smallest absolute Gasteiger partial charge is 0.320 e. The lowest BCUT2D eigenvalue weighted by molar-refractivity contribution is -0.158. The standard InChI is InChI=1S/C16H17FN2O4/c1-2-23-16(22)14(15(20)21)7-12-8-18-19(10-12)9-11-3-5-13(17)6-4-11/h3-6,8,10,14H,2,7,9H2,1H3,(H,20,21). The zero-order chi connectivity index (χ0) is 16.8. The topological polar surface area (TPSA) is 81.4 Å². The number of carboxylic acids is 1. The van der Waals surface area contributed by atoms with Crippen LogP contribution in [0.5, 0.6) is 0 Å². The quantitative estimate of drug-likeness (QED) is 0.622. The zero-order valence-electron chi connectivity index (χ0n) is 12.6. The van der Waals surface area contributed by atoms with Crippen LogP contribution in [0.4, 0.5) is 4.39 Å². The minimum absolute atomic E-state index is 0.0115. The van der Waals surface area contributed by atoms with E-state index in [1.165, 1.54) is 18.3 Å². The third-order valence-electron chi connectivity index (χ3n) is 3.25. The molecule has 0 radical (unpaired) electrons. The Balaban J connectivity index is 2.04. The van der Waals surface area contributed by atoms with E-state index >= 15 is 0 Å². The number of esters is 1. The molecule has 2 aromatic rings. The number of rotatable bonds is 7. The van der Waals surface area contributed by atoms with Crippen molar-refractivity contribution >= 4 is 11.9 Å². The Bertz CT molecular complexity index is 682. The highest BCUT2D eigenvalue weighted by molar-refractivity contribution is 5.94. The molecule has 0 saturated carbocycles. The van der Waals surface area contributed by atoms with Crippen LogP contribution in [0.15, 0.2) is 36.7 Å². The highest BCUT2D eigenvalue weighted by atomic mass is 19.1. The van der Waals surface area contributed by atoms with Gasteiger partial charge in [0.2, 0.25) is 0 Å². The van der Waals surface area contributed by atoms with Gasteiger partial charge in [-0.25, -0.2) is 4.39 Å². The fourth-order valence-electron chi connectivity index (χ4n) is 2.13. The molecule has 122 valence electrons. The number of hydrogen-bond donors (Lipinski definition) is 1. The van der Waals surface area contributed by atoms with E-state index in [2.05, 4.69) is 5.10 Å². The summed E-state index contributed by atoms with van der Waals surface area (Å²) in [6, 6.07) is 6.02. The van der Waals surface area contributed by atoms with E-state index in [1.54, 1.807) is 29.9 Å². The Morgan fingerprint density at radius 2 is 2.00 bits per heavy atom. The normalized spacial score (nSPS) is 11.9. The highest BCUT2D eigenvalue weighted by Crippen LogP contribution is 2.12. The number of carbonyl (C=O) groups excluding carboxylic acids is 1. The molecule has 1 aromatic heterocycles. The van der Waals surface area contributed by atoms with Crippen molar-refractivity contribution in [3.05, 3.63) is 53.6 Å². The molecule has 0 spiro atoms. The highest BCUT2D eigenvalue weighted by Gasteiger charge is 2.28. The van der Waals surface area contributed by atoms with Gasteiger partial charge in [0, 0.05) is 6.20 Å². The van der Waals surface area contributed by atoms with Crippen molar-refractivity contribution in [1.29, 1.82) is 0 Å². The maximum Gasteiger partial charge on any atom is 0.320 e. The molecule has 1 heterocycles. The number of carbonyl (C=O) groups is 2. The third-order valence-corrected chi connectivity index (χ3v) is 3.25. The van der Waals surface area contributed by atoms with Crippen molar-refractivity contribution < 1.29 is 23.8 Å². The number of hydrogen-bond acceptors (Lipinski definition) is 4. The van der Waals surface area contributed by atoms with Crippen LogP contribution in [0.2, 0.25) is 0 Å². The van der Waals surface area contributed by atoms with Gasteiger partial charge in [0.15, 0.2) is 5.92 Å². The van der Waals surface area contributed by atoms with Crippen LogP contribution in [0.1, 0.15) is 18.1 Å². The molecule has 1 unspecified atom stereocenters. The summed E-state index contributed by atoms with van der Waals surface area (Å²) in [7, 11) is 0. The number of benzene rings is 1. The van der Waals surface area contributed by atoms with Gasteiger partial charge in [-0.05, 0) is 36.6 Å². The molecular weight excluding hydrogens is 303 g/mol. The van der Waals surface area contributed by atoms with Crippen LogP contribution < -0.4 is 0 Å². The van der Waals surface area contributed by atoms with E-state index in [9.17, 15) is 14.0 Å². The Morgan fingerprint density at radius 3 is 2.61 bits per heavy atom. The maximum atomic E-state index is 12.9. The lowest BCUT2D eigenvalue weighted by Gasteiger charge is -2.09. The summed E-state index contributed by atoms with van der Waals surface area (Å²) in [5.74, 6) is -3.55. The fraction of sp³-hybridized carbons (Fsp3) is 0.312. The summed E-state index contributed by atoms with van der Waals surface area (Å²) in [5.41, 5.74) is 1.48. The summed E-state index contributed by atoms with van der Waals surface area (Å²) in [4.78, 5) is 22.8. The first-order valence-electron chi connectivity index (χ1n) is 7.14. The van der Waals surface area contributed by atoms with E-state index in [1.807, 2.05) is 0 Å². The molecular formula is C16H17FN2O4. The molecule has 0 aliphatic heterocycles. The molecule has 0 bridgehead atoms. The second-order valence-corrected chi connectivity index (χ2v) is 5.02. The van der Waals surface area contributed by atoms with Crippen molar-refractivity contribution in [2.45, 2.75) is 19.9 Å². The second-order valence-electron chi connectivity index (χ2n) is 5.02. The third kappa shape index (κ3) is 4.64. The van der Waals surface area contributed by atoms with Gasteiger partial charge in [-0.2, -0.15) is 5.10 Å². The van der Waals surface area contributed by atoms with Crippen LogP contribution in [0.3, 0.4) is 0 Å². The summed E-state index contributed by atoms with van der Waals surface area (Å²) >= 11 is 0. The van der Waals surface area contributed by atoms with Gasteiger partial charge in [-0.3, -0.25) is 14.3 Å². The Kier molecular flexibility index (Phi) is 5.46. The number of aromatic nitrogens is 2. The van der Waals surface area contributed by atoms with Crippen molar-refractivity contribution in [2.75, 3.05) is 6.61 Å². The number of ether oxygens (including phenoxy) is 1. The van der Waals surface area contributed by atoms with Crippen LogP contribution in [-0.4, -0.2) is 33.4 Å². The summed E-state index contributed by atoms with van der Waals surface area (Å²) in [6.45, 7) is 2.18. The van der Waals surface area contributed by atoms with Crippen molar-refractivity contribution in [2.24, 2.45) is 5.92 Å². The van der Waals surface area contributed by atoms with Gasteiger partial charge in [-0.1, -0.05) is 12.1 Å². The Morgan fingerprint density at radius 1 is 1.30 bits per heavy atom. The summed E-state index contributed by atoms with van der Waals surface area (Å²) < 4.78 is 19.2. The van der Waals surface area contributed by atoms with E-state index in [0.717, 1.165) is 5.56 Å². The van der Waals surface area contributed by atoms with Crippen molar-refractivity contribution in [3.63, 3.8) is 0 Å². The second kappa shape index (κ2) is 7.53. The largest absolute Gasteiger partial charge is 0.481 e. The first kappa shape index (κ1) is 16.7. The summed E-state index contributed by atoms with van der Waals surface area (Å²) in [6.07, 6.45) is 3.19. The predicted octanol–water partition coefficient (Wildman–Crippen LogP) is 1.88. The molecule has 2 rings (SSSR count). The molecule has 0 aliphatic carbocycles. The molecule has 23 heavy (non-hydrogen) atoms. The Labute approximate surface area is 132 Å². The van der Waals surface area contributed by atoms with Crippen molar-refractivity contribution in [3.8, 4) is 0 Å². The van der Waals surface area contributed by atoms with Crippen LogP contribution in [-0.2, 0) is 27.3 Å². The minimum Gasteiger partial charge on any atom is -0.481 e. The first-order chi connectivity index (χ1) is 11.0. The molecule has 0 fully saturated rings. The molecule has 0 saturated heterocycles. The van der Waals surface area contributed by atoms with Crippen molar-refractivity contribution in [1.82, 2.24) is 9.78 Å². The van der Waals surface area contributed by atoms with Gasteiger partial charge in [0.25, 0.3) is 0 Å². The molecule has 0 amide bonds. The predicted molar refractivity (Wildman–Crippen MR) is 79.2 cm³/mol. The number of aliphatic carboxylic acids is 1. The molecule has 1 aromatic carbocycles. The maximum absolute atomic E-state index is 12.9. The van der Waals surface area contributed by atoms with Crippen LogP contribution in [0, 0.1) is 11.7 Å². The fourth-order valence-corrected chi connectivity index (χ4v) is 2.13. The summed E-state index contributed by atoms with van der Waals surface area (Å²) in [5, 5.41) is 13.3. The lowest BCUT2D eigenvalue weighted by atomic mass is 10.0. The molecule has 0 aliphatic rings. The monoisotopic (exact) mass is 320 g/mol. The van der Waals surface area contributed by atoms with E-state index in [-0.39, 0.29) is 18.8 Å². The SMILES string of the molecule is CCOC(=O)C(Cc1cnn(Cc2ccc(F)cc2)c1)C(=O)O. The molecule has 7 heteroatoms. The van der Waals surface area contributed by atoms with Gasteiger partial charge in [-0.15, -0.1) is 0 Å². The van der Waals surface area contributed by atoms with Gasteiger partial charge in [0.1, 0.15) is 5.82 Å². The number of halogens is 1. The van der Waals surface area contributed by atoms with Gasteiger partial charge >= 0.3 is 11.9 Å². The molecule has 1 atom stereocenters. The average molecular weight is 320 g/mol. The van der Waals surface area contributed by atoms with Crippen LogP contribution >= 0.6 is 0 Å². The number of nitrogens with zero attached hydrogens (tertiary/aromatic N) is 2. The minimum atomic E-state index is -1.25. The first-order valence-corrected chi connectivity index (χ1v) is 7.14. The van der Waals surface area contributed by atoms with E-state index in [0.29, 0.717) is 12.1 Å². The van der Waals surface area contributed by atoms with Crippen LogP contribution in [0.25, 0.3) is 0 Å². The number of carboxylic acid groups (broad SMARTS) is 1. The van der Waals surface area contributed by atoms with Gasteiger partial charge in [0.05, 0.1) is 19.3 Å². The average Bonchev–Trinajstić information content (AvgIpc) is 2.94. The molecule has 6 nitrogen and oxygen atoms in total. The zero-order valence-corrected chi connectivity index (χ0v) is 12.6.